The zero-order valence-electron chi connectivity index (χ0n) is 8.90. The van der Waals surface area contributed by atoms with Gasteiger partial charge in [0.15, 0.2) is 5.54 Å². The van der Waals surface area contributed by atoms with Gasteiger partial charge in [-0.05, 0) is 24.3 Å². The van der Waals surface area contributed by atoms with Crippen molar-refractivity contribution in [1.82, 2.24) is 9.78 Å². The second kappa shape index (κ2) is 3.06. The number of carboxylic acids is 1. The van der Waals surface area contributed by atoms with Crippen LogP contribution in [0.1, 0.15) is 24.6 Å². The van der Waals surface area contributed by atoms with Gasteiger partial charge in [0.2, 0.25) is 0 Å². The quantitative estimate of drug-likeness (QED) is 0.694. The maximum atomic E-state index is 11.3. The van der Waals surface area contributed by atoms with Crippen LogP contribution in [0.2, 0.25) is 0 Å². The molecule has 0 saturated carbocycles. The smallest absolute Gasteiger partial charge is 0.330 e. The van der Waals surface area contributed by atoms with Crippen molar-refractivity contribution >= 4 is 5.97 Å². The summed E-state index contributed by atoms with van der Waals surface area (Å²) in [4.78, 5) is 11.3. The van der Waals surface area contributed by atoms with Crippen LogP contribution in [0, 0.1) is 5.92 Å². The molecule has 5 heteroatoms. The van der Waals surface area contributed by atoms with E-state index in [4.69, 9.17) is 5.73 Å². The van der Waals surface area contributed by atoms with E-state index < -0.39 is 11.5 Å². The van der Waals surface area contributed by atoms with E-state index in [1.807, 2.05) is 13.1 Å². The molecule has 2 unspecified atom stereocenters. The number of fused-ring (bicyclic) bond motifs is 1. The summed E-state index contributed by atoms with van der Waals surface area (Å²) in [6, 6.07) is 0. The third kappa shape index (κ3) is 1.26. The number of carbonyl (C=O) groups is 1. The Morgan fingerprint density at radius 2 is 2.47 bits per heavy atom. The van der Waals surface area contributed by atoms with E-state index in [0.717, 1.165) is 18.4 Å². The number of aryl methyl sites for hydroxylation is 2. The first-order chi connectivity index (χ1) is 6.96. The van der Waals surface area contributed by atoms with Crippen LogP contribution in [0.15, 0.2) is 6.20 Å². The molecule has 2 atom stereocenters. The second-order valence-electron chi connectivity index (χ2n) is 4.29. The molecule has 0 fully saturated rings. The van der Waals surface area contributed by atoms with Gasteiger partial charge in [0.25, 0.3) is 0 Å². The van der Waals surface area contributed by atoms with Crippen molar-refractivity contribution in [1.29, 1.82) is 0 Å². The van der Waals surface area contributed by atoms with E-state index in [0.29, 0.717) is 5.69 Å². The monoisotopic (exact) mass is 209 g/mol. The van der Waals surface area contributed by atoms with Gasteiger partial charge in [-0.25, -0.2) is 4.79 Å². The van der Waals surface area contributed by atoms with E-state index in [2.05, 4.69) is 5.10 Å². The van der Waals surface area contributed by atoms with Gasteiger partial charge >= 0.3 is 5.97 Å². The van der Waals surface area contributed by atoms with Crippen LogP contribution in [0.25, 0.3) is 0 Å². The molecule has 1 aromatic rings. The van der Waals surface area contributed by atoms with E-state index in [9.17, 15) is 9.90 Å². The number of aliphatic carboxylic acids is 1. The Kier molecular flexibility index (Phi) is 2.08. The van der Waals surface area contributed by atoms with Crippen molar-refractivity contribution < 1.29 is 9.90 Å². The lowest BCUT2D eigenvalue weighted by atomic mass is 9.74. The molecule has 1 aliphatic carbocycles. The molecule has 1 heterocycles. The molecule has 5 nitrogen and oxygen atoms in total. The molecule has 0 aliphatic heterocycles. The van der Waals surface area contributed by atoms with Crippen molar-refractivity contribution in [2.75, 3.05) is 0 Å². The Bertz CT molecular complexity index is 413. The predicted molar refractivity (Wildman–Crippen MR) is 54.2 cm³/mol. The molecular formula is C10H15N3O2. The normalized spacial score (nSPS) is 29.9. The third-order valence-electron chi connectivity index (χ3n) is 3.27. The lowest BCUT2D eigenvalue weighted by Gasteiger charge is -2.34. The van der Waals surface area contributed by atoms with Crippen LogP contribution < -0.4 is 5.73 Å². The van der Waals surface area contributed by atoms with Crippen molar-refractivity contribution in [2.24, 2.45) is 18.7 Å². The average molecular weight is 209 g/mol. The Morgan fingerprint density at radius 1 is 1.80 bits per heavy atom. The average Bonchev–Trinajstić information content (AvgIpc) is 2.53. The molecule has 2 rings (SSSR count). The van der Waals surface area contributed by atoms with Gasteiger partial charge in [0.05, 0.1) is 5.69 Å². The van der Waals surface area contributed by atoms with E-state index in [-0.39, 0.29) is 5.92 Å². The first kappa shape index (κ1) is 10.2. The minimum atomic E-state index is -1.32. The minimum Gasteiger partial charge on any atom is -0.480 e. The molecular weight excluding hydrogens is 194 g/mol. The second-order valence-corrected chi connectivity index (χ2v) is 4.29. The van der Waals surface area contributed by atoms with Gasteiger partial charge in [-0.2, -0.15) is 5.10 Å². The summed E-state index contributed by atoms with van der Waals surface area (Å²) in [5.41, 5.74) is 6.15. The van der Waals surface area contributed by atoms with Crippen LogP contribution in [0.3, 0.4) is 0 Å². The summed E-state index contributed by atoms with van der Waals surface area (Å²) in [5.74, 6) is -1.08. The zero-order chi connectivity index (χ0) is 11.2. The molecule has 1 aliphatic rings. The molecule has 0 bridgehead atoms. The molecule has 15 heavy (non-hydrogen) atoms. The van der Waals surface area contributed by atoms with Gasteiger partial charge < -0.3 is 10.8 Å². The molecule has 82 valence electrons. The van der Waals surface area contributed by atoms with Crippen LogP contribution in [-0.2, 0) is 23.8 Å². The highest BCUT2D eigenvalue weighted by Crippen LogP contribution is 2.36. The first-order valence-electron chi connectivity index (χ1n) is 5.01. The summed E-state index contributed by atoms with van der Waals surface area (Å²) >= 11 is 0. The number of hydrogen-bond donors (Lipinski definition) is 2. The molecule has 0 radical (unpaired) electrons. The Balaban J connectivity index is 2.59. The highest BCUT2D eigenvalue weighted by molar-refractivity contribution is 5.81. The van der Waals surface area contributed by atoms with Crippen molar-refractivity contribution in [3.8, 4) is 0 Å². The highest BCUT2D eigenvalue weighted by Gasteiger charge is 2.47. The molecule has 0 saturated heterocycles. The first-order valence-corrected chi connectivity index (χ1v) is 5.01. The third-order valence-corrected chi connectivity index (χ3v) is 3.27. The SMILES string of the molecule is CC1CCc2cn(C)nc2C1(N)C(=O)O. The summed E-state index contributed by atoms with van der Waals surface area (Å²) in [6.07, 6.45) is 3.50. The summed E-state index contributed by atoms with van der Waals surface area (Å²) in [6.45, 7) is 1.87. The lowest BCUT2D eigenvalue weighted by molar-refractivity contribution is -0.146. The van der Waals surface area contributed by atoms with E-state index >= 15 is 0 Å². The van der Waals surface area contributed by atoms with Gasteiger partial charge in [0.1, 0.15) is 0 Å². The number of aromatic nitrogens is 2. The predicted octanol–water partition coefficient (Wildman–Crippen LogP) is 0.241. The van der Waals surface area contributed by atoms with Crippen molar-refractivity contribution in [3.63, 3.8) is 0 Å². The number of rotatable bonds is 1. The fourth-order valence-electron chi connectivity index (χ4n) is 2.21. The van der Waals surface area contributed by atoms with Crippen molar-refractivity contribution in [3.05, 3.63) is 17.5 Å². The summed E-state index contributed by atoms with van der Waals surface area (Å²) in [5, 5.41) is 13.4. The molecule has 0 amide bonds. The number of nitrogens with two attached hydrogens (primary N) is 1. The molecule has 0 spiro atoms. The topological polar surface area (TPSA) is 81.1 Å². The van der Waals surface area contributed by atoms with Crippen LogP contribution in [0.4, 0.5) is 0 Å². The number of nitrogens with zero attached hydrogens (tertiary/aromatic N) is 2. The van der Waals surface area contributed by atoms with Crippen LogP contribution in [0.5, 0.6) is 0 Å². The van der Waals surface area contributed by atoms with E-state index in [1.165, 1.54) is 0 Å². The van der Waals surface area contributed by atoms with Crippen molar-refractivity contribution in [2.45, 2.75) is 25.3 Å². The largest absolute Gasteiger partial charge is 0.480 e. The number of carboxylic acid groups (broad SMARTS) is 1. The van der Waals surface area contributed by atoms with Gasteiger partial charge in [-0.3, -0.25) is 4.68 Å². The van der Waals surface area contributed by atoms with Gasteiger partial charge in [0, 0.05) is 13.2 Å². The number of hydrogen-bond acceptors (Lipinski definition) is 3. The minimum absolute atomic E-state index is 0.0857. The maximum Gasteiger partial charge on any atom is 0.330 e. The highest BCUT2D eigenvalue weighted by atomic mass is 16.4. The standard InChI is InChI=1S/C10H15N3O2/c1-6-3-4-7-5-13(2)12-8(7)10(6,11)9(14)15/h5-6H,3-4,11H2,1-2H3,(H,14,15). The molecule has 3 N–H and O–H groups in total. The maximum absolute atomic E-state index is 11.3. The fourth-order valence-corrected chi connectivity index (χ4v) is 2.21. The summed E-state index contributed by atoms with van der Waals surface area (Å²) in [7, 11) is 1.78. The Labute approximate surface area is 87.9 Å². The Hall–Kier alpha value is -1.36. The molecule has 0 aromatic carbocycles. The lowest BCUT2D eigenvalue weighted by Crippen LogP contribution is -2.53. The van der Waals surface area contributed by atoms with Crippen LogP contribution in [-0.4, -0.2) is 20.9 Å². The van der Waals surface area contributed by atoms with Gasteiger partial charge in [-0.1, -0.05) is 6.92 Å². The summed E-state index contributed by atoms with van der Waals surface area (Å²) < 4.78 is 1.63. The van der Waals surface area contributed by atoms with Gasteiger partial charge in [-0.15, -0.1) is 0 Å². The Morgan fingerprint density at radius 3 is 3.07 bits per heavy atom. The zero-order valence-corrected chi connectivity index (χ0v) is 8.90. The molecule has 1 aromatic heterocycles. The van der Waals surface area contributed by atoms with Crippen LogP contribution >= 0.6 is 0 Å². The fraction of sp³-hybridized carbons (Fsp3) is 0.600. The van der Waals surface area contributed by atoms with E-state index in [1.54, 1.807) is 11.7 Å².